The lowest BCUT2D eigenvalue weighted by Gasteiger charge is -2.20. The molecule has 1 aromatic heterocycles. The highest BCUT2D eigenvalue weighted by Gasteiger charge is 2.32. The largest absolute Gasteiger partial charge is 0.367 e. The summed E-state index contributed by atoms with van der Waals surface area (Å²) < 4.78 is 0.908. The maximum atomic E-state index is 12.2. The summed E-state index contributed by atoms with van der Waals surface area (Å²) >= 11 is 3.52. The molecule has 0 saturated carbocycles. The van der Waals surface area contributed by atoms with Gasteiger partial charge in [0, 0.05) is 36.0 Å². The lowest BCUT2D eigenvalue weighted by Crippen LogP contribution is -2.22. The zero-order chi connectivity index (χ0) is 15.0. The highest BCUT2D eigenvalue weighted by atomic mass is 79.9. The normalized spacial score (nSPS) is 16.3. The first-order valence-electron chi connectivity index (χ1n) is 6.56. The maximum Gasteiger partial charge on any atom is 0.251 e. The number of aromatic nitrogens is 1. The van der Waals surface area contributed by atoms with Crippen molar-refractivity contribution in [1.82, 2.24) is 4.98 Å². The van der Waals surface area contributed by atoms with Gasteiger partial charge in [-0.3, -0.25) is 4.79 Å². The van der Waals surface area contributed by atoms with Crippen LogP contribution in [0.1, 0.15) is 11.6 Å². The predicted octanol–water partition coefficient (Wildman–Crippen LogP) is 3.02. The second-order valence-electron chi connectivity index (χ2n) is 5.04. The Kier molecular flexibility index (Phi) is 3.55. The van der Waals surface area contributed by atoms with Crippen molar-refractivity contribution in [3.63, 3.8) is 0 Å². The van der Waals surface area contributed by atoms with Crippen LogP contribution in [-0.2, 0) is 4.79 Å². The van der Waals surface area contributed by atoms with Crippen molar-refractivity contribution >= 4 is 39.0 Å². The van der Waals surface area contributed by atoms with Crippen LogP contribution in [0.15, 0.2) is 41.0 Å². The van der Waals surface area contributed by atoms with E-state index in [1.54, 1.807) is 6.20 Å². The first kappa shape index (κ1) is 13.9. The lowest BCUT2D eigenvalue weighted by atomic mass is 10.1. The van der Waals surface area contributed by atoms with Gasteiger partial charge in [-0.2, -0.15) is 0 Å². The Bertz CT molecular complexity index is 702. The average Bonchev–Trinajstić information content (AvgIpc) is 2.77. The third kappa shape index (κ3) is 2.47. The van der Waals surface area contributed by atoms with E-state index in [9.17, 15) is 4.79 Å². The Morgan fingerprint density at radius 1 is 1.29 bits per heavy atom. The van der Waals surface area contributed by atoms with Crippen molar-refractivity contribution in [2.75, 3.05) is 29.6 Å². The topological polar surface area (TPSA) is 57.3 Å². The fourth-order valence-electron chi connectivity index (χ4n) is 2.43. The maximum absolute atomic E-state index is 12.2. The number of halogens is 1. The molecule has 2 aromatic rings. The number of anilines is 3. The molecular weight excluding hydrogens is 332 g/mol. The molecule has 1 aliphatic rings. The van der Waals surface area contributed by atoms with Crippen LogP contribution in [0, 0.1) is 0 Å². The number of nitrogens with zero attached hydrogens (tertiary/aromatic N) is 2. The molecular formula is C15H15BrN4O. The number of pyridine rings is 1. The van der Waals surface area contributed by atoms with Gasteiger partial charge >= 0.3 is 0 Å². The van der Waals surface area contributed by atoms with Crippen molar-refractivity contribution in [2.45, 2.75) is 6.04 Å². The molecule has 1 aliphatic heterocycles. The lowest BCUT2D eigenvalue weighted by molar-refractivity contribution is -0.116. The number of rotatable bonds is 3. The van der Waals surface area contributed by atoms with Gasteiger partial charge in [0.15, 0.2) is 5.82 Å². The molecule has 1 atom stereocenters. The Morgan fingerprint density at radius 2 is 2.10 bits per heavy atom. The Morgan fingerprint density at radius 3 is 2.86 bits per heavy atom. The molecule has 2 heterocycles. The minimum atomic E-state index is -0.432. The van der Waals surface area contributed by atoms with Crippen molar-refractivity contribution in [3.8, 4) is 0 Å². The van der Waals surface area contributed by atoms with Gasteiger partial charge in [0.1, 0.15) is 6.04 Å². The van der Waals surface area contributed by atoms with Crippen molar-refractivity contribution in [3.05, 3.63) is 46.6 Å². The summed E-state index contributed by atoms with van der Waals surface area (Å²) in [4.78, 5) is 18.5. The number of benzene rings is 1. The summed E-state index contributed by atoms with van der Waals surface area (Å²) in [5, 5.41) is 6.18. The van der Waals surface area contributed by atoms with Crippen molar-refractivity contribution in [2.24, 2.45) is 0 Å². The Balaban J connectivity index is 1.99. The molecule has 0 radical (unpaired) electrons. The molecule has 0 saturated heterocycles. The summed E-state index contributed by atoms with van der Waals surface area (Å²) in [6.45, 7) is 0. The van der Waals surface area contributed by atoms with Gasteiger partial charge in [-0.15, -0.1) is 0 Å². The molecule has 1 unspecified atom stereocenters. The van der Waals surface area contributed by atoms with E-state index < -0.39 is 6.04 Å². The molecule has 0 fully saturated rings. The molecule has 3 rings (SSSR count). The fourth-order valence-corrected chi connectivity index (χ4v) is 3.03. The second kappa shape index (κ2) is 5.37. The van der Waals surface area contributed by atoms with Gasteiger partial charge < -0.3 is 15.5 Å². The summed E-state index contributed by atoms with van der Waals surface area (Å²) in [6, 6.07) is 9.08. The van der Waals surface area contributed by atoms with E-state index in [1.165, 1.54) is 0 Å². The molecule has 21 heavy (non-hydrogen) atoms. The van der Waals surface area contributed by atoms with Gasteiger partial charge in [0.2, 0.25) is 0 Å². The average molecular weight is 347 g/mol. The monoisotopic (exact) mass is 346 g/mol. The Labute approximate surface area is 131 Å². The first-order valence-corrected chi connectivity index (χ1v) is 7.35. The summed E-state index contributed by atoms with van der Waals surface area (Å²) in [6.07, 6.45) is 1.74. The highest BCUT2D eigenvalue weighted by Crippen LogP contribution is 2.39. The second-order valence-corrected chi connectivity index (χ2v) is 5.89. The minimum absolute atomic E-state index is 0.0644. The zero-order valence-electron chi connectivity index (χ0n) is 11.7. The minimum Gasteiger partial charge on any atom is -0.367 e. The van der Waals surface area contributed by atoms with Crippen LogP contribution in [0.2, 0.25) is 0 Å². The zero-order valence-corrected chi connectivity index (χ0v) is 13.3. The van der Waals surface area contributed by atoms with E-state index in [4.69, 9.17) is 0 Å². The van der Waals surface area contributed by atoms with Gasteiger partial charge in [-0.1, -0.05) is 22.0 Å². The number of fused-ring (bicyclic) bond motifs is 1. The summed E-state index contributed by atoms with van der Waals surface area (Å²) in [7, 11) is 3.85. The van der Waals surface area contributed by atoms with Crippen LogP contribution in [0.5, 0.6) is 0 Å². The first-order chi connectivity index (χ1) is 10.1. The quantitative estimate of drug-likeness (QED) is 0.896. The third-order valence-electron chi connectivity index (χ3n) is 3.37. The van der Waals surface area contributed by atoms with Crippen LogP contribution >= 0.6 is 15.9 Å². The van der Waals surface area contributed by atoms with Crippen molar-refractivity contribution in [1.29, 1.82) is 0 Å². The molecule has 108 valence electrons. The number of hydrogen-bond acceptors (Lipinski definition) is 4. The Hall–Kier alpha value is -2.08. The number of amides is 1. The number of carbonyl (C=O) groups excluding carboxylic acids is 1. The van der Waals surface area contributed by atoms with E-state index in [2.05, 4.69) is 31.5 Å². The van der Waals surface area contributed by atoms with E-state index in [-0.39, 0.29) is 5.91 Å². The smallest absolute Gasteiger partial charge is 0.251 e. The molecule has 5 nitrogen and oxygen atoms in total. The SMILES string of the molecule is CN(C)c1ncccc1NC1C(=O)Nc2cccc(Br)c21. The summed E-state index contributed by atoms with van der Waals surface area (Å²) in [5.74, 6) is 0.733. The van der Waals surface area contributed by atoms with Crippen LogP contribution < -0.4 is 15.5 Å². The van der Waals surface area contributed by atoms with Gasteiger partial charge in [-0.05, 0) is 24.3 Å². The molecule has 6 heteroatoms. The number of nitrogens with one attached hydrogen (secondary N) is 2. The molecule has 0 spiro atoms. The van der Waals surface area contributed by atoms with E-state index >= 15 is 0 Å². The van der Waals surface area contributed by atoms with Gasteiger partial charge in [-0.25, -0.2) is 4.98 Å². The molecule has 0 aliphatic carbocycles. The van der Waals surface area contributed by atoms with Crippen LogP contribution in [0.3, 0.4) is 0 Å². The van der Waals surface area contributed by atoms with E-state index in [0.717, 1.165) is 27.2 Å². The van der Waals surface area contributed by atoms with E-state index in [0.29, 0.717) is 0 Å². The van der Waals surface area contributed by atoms with Gasteiger partial charge in [0.05, 0.1) is 5.69 Å². The molecule has 1 aromatic carbocycles. The van der Waals surface area contributed by atoms with Crippen LogP contribution in [-0.4, -0.2) is 25.0 Å². The van der Waals surface area contributed by atoms with Crippen LogP contribution in [0.25, 0.3) is 0 Å². The molecule has 0 bridgehead atoms. The van der Waals surface area contributed by atoms with Crippen LogP contribution in [0.4, 0.5) is 17.2 Å². The van der Waals surface area contributed by atoms with Gasteiger partial charge in [0.25, 0.3) is 5.91 Å². The predicted molar refractivity (Wildman–Crippen MR) is 87.7 cm³/mol. The third-order valence-corrected chi connectivity index (χ3v) is 4.06. The number of carbonyl (C=O) groups is 1. The van der Waals surface area contributed by atoms with E-state index in [1.807, 2.05) is 49.3 Å². The standard InChI is InChI=1S/C15H15BrN4O/c1-20(2)14-11(7-4-8-17-14)18-13-12-9(16)5-3-6-10(12)19-15(13)21/h3-8,13,18H,1-2H3,(H,19,21). The molecule has 2 N–H and O–H groups in total. The molecule has 1 amide bonds. The summed E-state index contributed by atoms with van der Waals surface area (Å²) in [5.41, 5.74) is 2.59. The number of hydrogen-bond donors (Lipinski definition) is 2. The fraction of sp³-hybridized carbons (Fsp3) is 0.200. The van der Waals surface area contributed by atoms with Crippen molar-refractivity contribution < 1.29 is 4.79 Å². The highest BCUT2D eigenvalue weighted by molar-refractivity contribution is 9.10.